The number of rotatable bonds is 3. The monoisotopic (exact) mass is 341 g/mol. The molecule has 0 amide bonds. The number of nitrogens with one attached hydrogen (secondary N) is 1. The molecule has 0 aromatic carbocycles. The molecule has 2 atom stereocenters. The van der Waals surface area contributed by atoms with Crippen molar-refractivity contribution in [3.05, 3.63) is 27.9 Å². The molecule has 3 rings (SSSR count). The molecule has 1 N–H and O–H groups in total. The molecule has 2 aliphatic heterocycles. The number of nitrogens with zero attached hydrogens (tertiary/aromatic N) is 2. The van der Waals surface area contributed by atoms with Crippen LogP contribution in [0.15, 0.2) is 12.1 Å². The first kappa shape index (κ1) is 16.1. The third-order valence-corrected chi connectivity index (χ3v) is 6.24. The molecule has 1 aromatic rings. The van der Waals surface area contributed by atoms with E-state index >= 15 is 0 Å². The first-order valence-electron chi connectivity index (χ1n) is 7.52. The number of sulfone groups is 1. The predicted octanol–water partition coefficient (Wildman–Crippen LogP) is 1.45. The lowest BCUT2D eigenvalue weighted by molar-refractivity contribution is -0.385. The molecular weight excluding hydrogens is 322 g/mol. The van der Waals surface area contributed by atoms with Gasteiger partial charge in [0.15, 0.2) is 9.84 Å². The summed E-state index contributed by atoms with van der Waals surface area (Å²) in [4.78, 5) is 14.6. The molecule has 126 valence electrons. The second-order valence-electron chi connectivity index (χ2n) is 6.27. The van der Waals surface area contributed by atoms with Gasteiger partial charge in [0.05, 0.1) is 22.0 Å². The Morgan fingerprint density at radius 3 is 2.87 bits per heavy atom. The standard InChI is InChI=1S/C14H19N3O5S/c1-10-12(17(18)19)2-3-13(15-10)16-11-4-6-22-14(8-11)5-7-23(20,21)9-14/h2-3,11H,4-9H2,1H3,(H,15,16). The van der Waals surface area contributed by atoms with Crippen LogP contribution in [0.2, 0.25) is 0 Å². The highest BCUT2D eigenvalue weighted by molar-refractivity contribution is 7.91. The predicted molar refractivity (Wildman–Crippen MR) is 84.2 cm³/mol. The van der Waals surface area contributed by atoms with Gasteiger partial charge < -0.3 is 10.1 Å². The summed E-state index contributed by atoms with van der Waals surface area (Å²) < 4.78 is 29.3. The van der Waals surface area contributed by atoms with Crippen molar-refractivity contribution in [2.45, 2.75) is 37.8 Å². The van der Waals surface area contributed by atoms with Crippen LogP contribution in [0.1, 0.15) is 25.0 Å². The summed E-state index contributed by atoms with van der Waals surface area (Å²) in [7, 11) is -3.02. The van der Waals surface area contributed by atoms with E-state index in [0.717, 1.165) is 6.42 Å². The molecule has 9 heteroatoms. The fourth-order valence-corrected chi connectivity index (χ4v) is 5.32. The fourth-order valence-electron chi connectivity index (χ4n) is 3.35. The van der Waals surface area contributed by atoms with Crippen LogP contribution in [0, 0.1) is 17.0 Å². The summed E-state index contributed by atoms with van der Waals surface area (Å²) in [5.41, 5.74) is -0.254. The normalized spacial score (nSPS) is 29.5. The summed E-state index contributed by atoms with van der Waals surface area (Å²) in [6.45, 7) is 2.09. The lowest BCUT2D eigenvalue weighted by atomic mass is 9.90. The van der Waals surface area contributed by atoms with Gasteiger partial charge in [0, 0.05) is 18.7 Å². The zero-order valence-electron chi connectivity index (χ0n) is 12.8. The average Bonchev–Trinajstić information content (AvgIpc) is 2.73. The van der Waals surface area contributed by atoms with E-state index in [2.05, 4.69) is 10.3 Å². The minimum Gasteiger partial charge on any atom is -0.374 e. The molecule has 0 saturated carbocycles. The Morgan fingerprint density at radius 2 is 2.26 bits per heavy atom. The molecule has 8 nitrogen and oxygen atoms in total. The topological polar surface area (TPSA) is 111 Å². The maximum Gasteiger partial charge on any atom is 0.290 e. The van der Waals surface area contributed by atoms with Crippen LogP contribution in [0.3, 0.4) is 0 Å². The van der Waals surface area contributed by atoms with E-state index in [9.17, 15) is 18.5 Å². The van der Waals surface area contributed by atoms with Gasteiger partial charge in [0.1, 0.15) is 11.5 Å². The van der Waals surface area contributed by atoms with Crippen molar-refractivity contribution in [1.82, 2.24) is 4.98 Å². The number of pyridine rings is 1. The SMILES string of the molecule is Cc1nc(NC2CCOC3(CCS(=O)(=O)C3)C2)ccc1[N+](=O)[O-]. The van der Waals surface area contributed by atoms with Crippen molar-refractivity contribution in [1.29, 1.82) is 0 Å². The van der Waals surface area contributed by atoms with Gasteiger partial charge in [0.2, 0.25) is 0 Å². The molecule has 1 aromatic heterocycles. The molecule has 1 spiro atoms. The van der Waals surface area contributed by atoms with Gasteiger partial charge in [-0.05, 0) is 32.3 Å². The molecule has 2 aliphatic rings. The Hall–Kier alpha value is -1.74. The van der Waals surface area contributed by atoms with E-state index in [4.69, 9.17) is 4.74 Å². The summed E-state index contributed by atoms with van der Waals surface area (Å²) in [5, 5.41) is 14.1. The van der Waals surface area contributed by atoms with Crippen molar-refractivity contribution >= 4 is 21.3 Å². The number of hydrogen-bond donors (Lipinski definition) is 1. The lowest BCUT2D eigenvalue weighted by Gasteiger charge is -2.37. The fraction of sp³-hybridized carbons (Fsp3) is 0.643. The number of anilines is 1. The molecule has 0 aliphatic carbocycles. The van der Waals surface area contributed by atoms with Crippen molar-refractivity contribution in [2.24, 2.45) is 0 Å². The smallest absolute Gasteiger partial charge is 0.290 e. The Balaban J connectivity index is 1.71. The van der Waals surface area contributed by atoms with Gasteiger partial charge in [-0.25, -0.2) is 13.4 Å². The first-order chi connectivity index (χ1) is 10.8. The van der Waals surface area contributed by atoms with Gasteiger partial charge in [-0.2, -0.15) is 0 Å². The Labute approximate surface area is 134 Å². The largest absolute Gasteiger partial charge is 0.374 e. The molecular formula is C14H19N3O5S. The first-order valence-corrected chi connectivity index (χ1v) is 9.34. The third kappa shape index (κ3) is 3.45. The Morgan fingerprint density at radius 1 is 1.48 bits per heavy atom. The van der Waals surface area contributed by atoms with Crippen LogP contribution >= 0.6 is 0 Å². The molecule has 0 radical (unpaired) electrons. The van der Waals surface area contributed by atoms with E-state index in [1.54, 1.807) is 13.0 Å². The quantitative estimate of drug-likeness (QED) is 0.654. The molecule has 2 saturated heterocycles. The number of aromatic nitrogens is 1. The van der Waals surface area contributed by atoms with Crippen molar-refractivity contribution in [3.8, 4) is 0 Å². The van der Waals surface area contributed by atoms with Gasteiger partial charge >= 0.3 is 0 Å². The lowest BCUT2D eigenvalue weighted by Crippen LogP contribution is -2.45. The van der Waals surface area contributed by atoms with Crippen LogP contribution in [-0.2, 0) is 14.6 Å². The van der Waals surface area contributed by atoms with E-state index in [-0.39, 0.29) is 23.2 Å². The van der Waals surface area contributed by atoms with Crippen LogP contribution < -0.4 is 5.32 Å². The Bertz CT molecular complexity index is 736. The van der Waals surface area contributed by atoms with E-state index in [1.807, 2.05) is 0 Å². The van der Waals surface area contributed by atoms with Crippen LogP contribution in [-0.4, -0.2) is 48.1 Å². The molecule has 23 heavy (non-hydrogen) atoms. The summed E-state index contributed by atoms with van der Waals surface area (Å²) in [5.74, 6) is 0.815. The minimum absolute atomic E-state index is 0.0131. The van der Waals surface area contributed by atoms with Gasteiger partial charge in [-0.15, -0.1) is 0 Å². The van der Waals surface area contributed by atoms with Crippen molar-refractivity contribution in [3.63, 3.8) is 0 Å². The second kappa shape index (κ2) is 5.72. The molecule has 2 unspecified atom stereocenters. The highest BCUT2D eigenvalue weighted by Crippen LogP contribution is 2.36. The van der Waals surface area contributed by atoms with Gasteiger partial charge in [0.25, 0.3) is 5.69 Å². The summed E-state index contributed by atoms with van der Waals surface area (Å²) >= 11 is 0. The van der Waals surface area contributed by atoms with Gasteiger partial charge in [-0.3, -0.25) is 10.1 Å². The van der Waals surface area contributed by atoms with Crippen molar-refractivity contribution < 1.29 is 18.1 Å². The van der Waals surface area contributed by atoms with Crippen LogP contribution in [0.25, 0.3) is 0 Å². The third-order valence-electron chi connectivity index (χ3n) is 4.45. The zero-order chi connectivity index (χ0) is 16.7. The number of hydrogen-bond acceptors (Lipinski definition) is 7. The second-order valence-corrected chi connectivity index (χ2v) is 8.45. The van der Waals surface area contributed by atoms with E-state index < -0.39 is 20.4 Å². The van der Waals surface area contributed by atoms with Crippen molar-refractivity contribution in [2.75, 3.05) is 23.4 Å². The van der Waals surface area contributed by atoms with E-state index in [0.29, 0.717) is 31.0 Å². The molecule has 2 fully saturated rings. The maximum absolute atomic E-state index is 11.7. The number of aryl methyl sites for hydroxylation is 1. The summed E-state index contributed by atoms with van der Waals surface area (Å²) in [6.07, 6.45) is 1.88. The highest BCUT2D eigenvalue weighted by Gasteiger charge is 2.46. The van der Waals surface area contributed by atoms with Gasteiger partial charge in [-0.1, -0.05) is 0 Å². The molecule has 3 heterocycles. The minimum atomic E-state index is -3.02. The van der Waals surface area contributed by atoms with Crippen LogP contribution in [0.4, 0.5) is 11.5 Å². The van der Waals surface area contributed by atoms with Crippen LogP contribution in [0.5, 0.6) is 0 Å². The zero-order valence-corrected chi connectivity index (χ0v) is 13.6. The van der Waals surface area contributed by atoms with E-state index in [1.165, 1.54) is 6.07 Å². The Kier molecular flexibility index (Phi) is 4.01. The maximum atomic E-state index is 11.7. The average molecular weight is 341 g/mol. The highest BCUT2D eigenvalue weighted by atomic mass is 32.2. The number of ether oxygens (including phenoxy) is 1. The number of nitro groups is 1. The molecule has 0 bridgehead atoms. The summed E-state index contributed by atoms with van der Waals surface area (Å²) in [6, 6.07) is 3.06.